The van der Waals surface area contributed by atoms with Crippen molar-refractivity contribution in [3.63, 3.8) is 0 Å². The van der Waals surface area contributed by atoms with Crippen LogP contribution in [-0.4, -0.2) is 21.3 Å². The second kappa shape index (κ2) is 4.06. The van der Waals surface area contributed by atoms with Crippen molar-refractivity contribution in [1.29, 1.82) is 0 Å². The summed E-state index contributed by atoms with van der Waals surface area (Å²) in [5.74, 6) is 1.29. The van der Waals surface area contributed by atoms with Crippen molar-refractivity contribution in [2.24, 2.45) is 5.73 Å². The van der Waals surface area contributed by atoms with Crippen LogP contribution in [0.15, 0.2) is 4.42 Å². The minimum atomic E-state index is -0.181. The highest BCUT2D eigenvalue weighted by molar-refractivity contribution is 4.94. The number of aliphatic hydroxyl groups excluding tert-OH is 1. The maximum Gasteiger partial charge on any atom is 0.241 e. The van der Waals surface area contributed by atoms with Gasteiger partial charge >= 0.3 is 0 Å². The summed E-state index contributed by atoms with van der Waals surface area (Å²) < 4.78 is 5.29. The number of hydrogen-bond acceptors (Lipinski definition) is 5. The monoisotopic (exact) mass is 197 g/mol. The van der Waals surface area contributed by atoms with E-state index in [4.69, 9.17) is 15.3 Å². The largest absolute Gasteiger partial charge is 0.422 e. The van der Waals surface area contributed by atoms with Crippen molar-refractivity contribution in [2.75, 3.05) is 0 Å². The van der Waals surface area contributed by atoms with E-state index in [0.29, 0.717) is 23.7 Å². The second-order valence-electron chi connectivity index (χ2n) is 3.80. The van der Waals surface area contributed by atoms with Crippen molar-refractivity contribution >= 4 is 0 Å². The fourth-order valence-corrected chi connectivity index (χ4v) is 1.86. The van der Waals surface area contributed by atoms with Gasteiger partial charge in [-0.2, -0.15) is 0 Å². The zero-order valence-corrected chi connectivity index (χ0v) is 8.02. The van der Waals surface area contributed by atoms with E-state index >= 15 is 0 Å². The molecule has 0 radical (unpaired) electrons. The molecule has 1 aliphatic rings. The minimum absolute atomic E-state index is 0.181. The van der Waals surface area contributed by atoms with Crippen molar-refractivity contribution in [1.82, 2.24) is 10.2 Å². The van der Waals surface area contributed by atoms with E-state index in [1.165, 1.54) is 0 Å². The first-order chi connectivity index (χ1) is 6.79. The fourth-order valence-electron chi connectivity index (χ4n) is 1.86. The number of nitrogens with zero attached hydrogens (tertiary/aromatic N) is 2. The molecule has 1 heterocycles. The number of nitrogens with two attached hydrogens (primary N) is 1. The Labute approximate surface area is 82.3 Å². The molecule has 0 saturated heterocycles. The van der Waals surface area contributed by atoms with Crippen LogP contribution in [-0.2, 0) is 6.61 Å². The summed E-state index contributed by atoms with van der Waals surface area (Å²) in [6, 6.07) is 0.325. The van der Waals surface area contributed by atoms with Crippen LogP contribution >= 0.6 is 0 Å². The quantitative estimate of drug-likeness (QED) is 0.723. The van der Waals surface area contributed by atoms with Crippen molar-refractivity contribution in [3.8, 4) is 0 Å². The molecule has 78 valence electrons. The molecule has 1 saturated carbocycles. The summed E-state index contributed by atoms with van der Waals surface area (Å²) in [5, 5.41) is 16.4. The molecule has 0 bridgehead atoms. The molecular weight excluding hydrogens is 182 g/mol. The standard InChI is InChI=1S/C9H15N3O2/c10-7-3-1-6(2-4-7)9-12-11-8(5-13)14-9/h6-7,13H,1-5,10H2/t6-,7-. The van der Waals surface area contributed by atoms with Crippen molar-refractivity contribution in [3.05, 3.63) is 11.8 Å². The summed E-state index contributed by atoms with van der Waals surface area (Å²) in [4.78, 5) is 0. The van der Waals surface area contributed by atoms with E-state index in [-0.39, 0.29) is 6.61 Å². The smallest absolute Gasteiger partial charge is 0.241 e. The first-order valence-corrected chi connectivity index (χ1v) is 4.98. The molecule has 1 fully saturated rings. The van der Waals surface area contributed by atoms with Crippen LogP contribution in [0.1, 0.15) is 43.4 Å². The molecule has 1 aromatic heterocycles. The van der Waals surface area contributed by atoms with Gasteiger partial charge in [0.1, 0.15) is 6.61 Å². The number of hydrogen-bond donors (Lipinski definition) is 2. The van der Waals surface area contributed by atoms with Crippen LogP contribution < -0.4 is 5.73 Å². The molecule has 0 spiro atoms. The summed E-state index contributed by atoms with van der Waals surface area (Å²) >= 11 is 0. The first kappa shape index (κ1) is 9.61. The molecule has 3 N–H and O–H groups in total. The van der Waals surface area contributed by atoms with E-state index in [2.05, 4.69) is 10.2 Å². The number of aromatic nitrogens is 2. The van der Waals surface area contributed by atoms with Gasteiger partial charge in [0.15, 0.2) is 0 Å². The lowest BCUT2D eigenvalue weighted by Crippen LogP contribution is -2.25. The van der Waals surface area contributed by atoms with Gasteiger partial charge in [0.2, 0.25) is 11.8 Å². The lowest BCUT2D eigenvalue weighted by Gasteiger charge is -2.23. The molecule has 5 heteroatoms. The third-order valence-corrected chi connectivity index (χ3v) is 2.74. The maximum absolute atomic E-state index is 8.78. The van der Waals surface area contributed by atoms with Gasteiger partial charge in [-0.05, 0) is 25.7 Å². The predicted molar refractivity (Wildman–Crippen MR) is 49.4 cm³/mol. The summed E-state index contributed by atoms with van der Waals surface area (Å²) in [6.07, 6.45) is 4.05. The molecular formula is C9H15N3O2. The molecule has 1 aromatic rings. The molecule has 1 aliphatic carbocycles. The average molecular weight is 197 g/mol. The van der Waals surface area contributed by atoms with Crippen LogP contribution in [0.2, 0.25) is 0 Å². The Morgan fingerprint density at radius 3 is 2.57 bits per heavy atom. The van der Waals surface area contributed by atoms with E-state index < -0.39 is 0 Å². The van der Waals surface area contributed by atoms with Gasteiger partial charge in [-0.1, -0.05) is 0 Å². The predicted octanol–water partition coefficient (Wildman–Crippen LogP) is 0.547. The van der Waals surface area contributed by atoms with Gasteiger partial charge in [0.05, 0.1) is 0 Å². The molecule has 2 rings (SSSR count). The lowest BCUT2D eigenvalue weighted by molar-refractivity contribution is 0.230. The highest BCUT2D eigenvalue weighted by atomic mass is 16.4. The van der Waals surface area contributed by atoms with Gasteiger partial charge in [0.25, 0.3) is 0 Å². The zero-order valence-electron chi connectivity index (χ0n) is 8.02. The first-order valence-electron chi connectivity index (χ1n) is 4.98. The zero-order chi connectivity index (χ0) is 9.97. The summed E-state index contributed by atoms with van der Waals surface area (Å²) in [7, 11) is 0. The van der Waals surface area contributed by atoms with Gasteiger partial charge in [0, 0.05) is 12.0 Å². The van der Waals surface area contributed by atoms with Crippen LogP contribution in [0.25, 0.3) is 0 Å². The molecule has 0 aromatic carbocycles. The van der Waals surface area contributed by atoms with Crippen LogP contribution in [0.4, 0.5) is 0 Å². The number of aliphatic hydroxyl groups is 1. The van der Waals surface area contributed by atoms with E-state index in [1.807, 2.05) is 0 Å². The Hall–Kier alpha value is -0.940. The Bertz CT molecular complexity index is 292. The Balaban J connectivity index is 2.01. The third kappa shape index (κ3) is 1.93. The van der Waals surface area contributed by atoms with Gasteiger partial charge in [-0.15, -0.1) is 10.2 Å². The van der Waals surface area contributed by atoms with Crippen LogP contribution in [0.3, 0.4) is 0 Å². The average Bonchev–Trinajstić information content (AvgIpc) is 2.67. The van der Waals surface area contributed by atoms with Crippen LogP contribution in [0.5, 0.6) is 0 Å². The van der Waals surface area contributed by atoms with Gasteiger partial charge in [-0.25, -0.2) is 0 Å². The molecule has 14 heavy (non-hydrogen) atoms. The summed E-state index contributed by atoms with van der Waals surface area (Å²) in [6.45, 7) is -0.181. The van der Waals surface area contributed by atoms with Gasteiger partial charge < -0.3 is 15.3 Å². The molecule has 0 unspecified atom stereocenters. The second-order valence-corrected chi connectivity index (χ2v) is 3.80. The summed E-state index contributed by atoms with van der Waals surface area (Å²) in [5.41, 5.74) is 5.80. The fraction of sp³-hybridized carbons (Fsp3) is 0.778. The lowest BCUT2D eigenvalue weighted by atomic mass is 9.86. The van der Waals surface area contributed by atoms with Crippen molar-refractivity contribution < 1.29 is 9.52 Å². The molecule has 0 amide bonds. The Morgan fingerprint density at radius 2 is 2.00 bits per heavy atom. The Morgan fingerprint density at radius 1 is 1.29 bits per heavy atom. The van der Waals surface area contributed by atoms with E-state index in [9.17, 15) is 0 Å². The highest BCUT2D eigenvalue weighted by Crippen LogP contribution is 2.31. The highest BCUT2D eigenvalue weighted by Gasteiger charge is 2.24. The van der Waals surface area contributed by atoms with Crippen molar-refractivity contribution in [2.45, 2.75) is 44.2 Å². The van der Waals surface area contributed by atoms with E-state index in [1.54, 1.807) is 0 Å². The Kier molecular flexibility index (Phi) is 2.79. The molecule has 5 nitrogen and oxygen atoms in total. The minimum Gasteiger partial charge on any atom is -0.422 e. The van der Waals surface area contributed by atoms with E-state index in [0.717, 1.165) is 25.7 Å². The maximum atomic E-state index is 8.78. The SMILES string of the molecule is N[C@H]1CC[C@H](c2nnc(CO)o2)CC1. The molecule has 0 aliphatic heterocycles. The van der Waals surface area contributed by atoms with Crippen LogP contribution in [0, 0.1) is 0 Å². The van der Waals surface area contributed by atoms with Gasteiger partial charge in [-0.3, -0.25) is 0 Å². The molecule has 0 atom stereocenters. The number of rotatable bonds is 2. The topological polar surface area (TPSA) is 85.2 Å². The normalized spacial score (nSPS) is 27.9. The third-order valence-electron chi connectivity index (χ3n) is 2.74.